The van der Waals surface area contributed by atoms with Gasteiger partial charge >= 0.3 is 5.97 Å². The minimum Gasteiger partial charge on any atom is -0.453 e. The van der Waals surface area contributed by atoms with Gasteiger partial charge in [-0.05, 0) is 43.9 Å². The smallest absolute Gasteiger partial charge is 0.307 e. The Labute approximate surface area is 139 Å². The number of hydrogen-bond acceptors (Lipinski definition) is 3. The molecule has 2 rings (SSSR count). The van der Waals surface area contributed by atoms with Gasteiger partial charge in [0.25, 0.3) is 5.91 Å². The van der Waals surface area contributed by atoms with Gasteiger partial charge in [0.05, 0.1) is 17.1 Å². The van der Waals surface area contributed by atoms with Crippen LogP contribution in [0.15, 0.2) is 30.4 Å². The first-order chi connectivity index (χ1) is 10.5. The van der Waals surface area contributed by atoms with Crippen molar-refractivity contribution >= 4 is 40.8 Å². The zero-order valence-corrected chi connectivity index (χ0v) is 13.7. The third-order valence-corrected chi connectivity index (χ3v) is 3.97. The topological polar surface area (TPSA) is 55.4 Å². The van der Waals surface area contributed by atoms with Gasteiger partial charge in [0.15, 0.2) is 6.10 Å². The molecular formula is C16H17Cl2NO3. The quantitative estimate of drug-likeness (QED) is 0.644. The van der Waals surface area contributed by atoms with Gasteiger partial charge in [0.2, 0.25) is 0 Å². The number of carbonyl (C=O) groups is 2. The monoisotopic (exact) mass is 341 g/mol. The molecule has 0 radical (unpaired) electrons. The molecule has 1 amide bonds. The fourth-order valence-corrected chi connectivity index (χ4v) is 2.54. The average Bonchev–Trinajstić information content (AvgIpc) is 2.95. The molecule has 0 bridgehead atoms. The minimum atomic E-state index is -0.895. The number of allylic oxidation sites excluding steroid dienone is 2. The second kappa shape index (κ2) is 7.65. The molecule has 2 atom stereocenters. The highest BCUT2D eigenvalue weighted by molar-refractivity contribution is 6.35. The summed E-state index contributed by atoms with van der Waals surface area (Å²) in [5, 5.41) is 3.43. The second-order valence-corrected chi connectivity index (χ2v) is 6.06. The van der Waals surface area contributed by atoms with Crippen LogP contribution in [0.2, 0.25) is 10.0 Å². The zero-order chi connectivity index (χ0) is 16.1. The van der Waals surface area contributed by atoms with Crippen molar-refractivity contribution in [3.8, 4) is 0 Å². The molecular weight excluding hydrogens is 325 g/mol. The first kappa shape index (κ1) is 16.8. The number of halogens is 2. The predicted octanol–water partition coefficient (Wildman–Crippen LogP) is 4.22. The van der Waals surface area contributed by atoms with E-state index < -0.39 is 12.0 Å². The van der Waals surface area contributed by atoms with Crippen LogP contribution in [0.5, 0.6) is 0 Å². The van der Waals surface area contributed by atoms with E-state index in [-0.39, 0.29) is 11.9 Å². The van der Waals surface area contributed by atoms with Crippen molar-refractivity contribution in [2.75, 3.05) is 5.32 Å². The van der Waals surface area contributed by atoms with Gasteiger partial charge in [-0.3, -0.25) is 9.59 Å². The summed E-state index contributed by atoms with van der Waals surface area (Å²) in [5.41, 5.74) is 0.390. The van der Waals surface area contributed by atoms with Crippen LogP contribution in [0.3, 0.4) is 0 Å². The van der Waals surface area contributed by atoms with Crippen molar-refractivity contribution in [3.05, 3.63) is 40.4 Å². The Morgan fingerprint density at radius 2 is 2.18 bits per heavy atom. The fraction of sp³-hybridized carbons (Fsp3) is 0.375. The van der Waals surface area contributed by atoms with E-state index in [1.54, 1.807) is 18.2 Å². The molecule has 1 N–H and O–H groups in total. The van der Waals surface area contributed by atoms with Gasteiger partial charge in [0, 0.05) is 5.02 Å². The zero-order valence-electron chi connectivity index (χ0n) is 12.1. The lowest BCUT2D eigenvalue weighted by Gasteiger charge is -2.15. The number of benzene rings is 1. The van der Waals surface area contributed by atoms with Gasteiger partial charge in [-0.1, -0.05) is 35.4 Å². The van der Waals surface area contributed by atoms with Crippen LogP contribution < -0.4 is 5.32 Å². The van der Waals surface area contributed by atoms with Gasteiger partial charge in [0.1, 0.15) is 0 Å². The molecule has 1 aliphatic carbocycles. The van der Waals surface area contributed by atoms with Crippen LogP contribution in [-0.4, -0.2) is 18.0 Å². The van der Waals surface area contributed by atoms with E-state index in [0.717, 1.165) is 12.8 Å². The lowest BCUT2D eigenvalue weighted by atomic mass is 10.1. The predicted molar refractivity (Wildman–Crippen MR) is 87.1 cm³/mol. The standard InChI is InChI=1S/C16H17Cl2NO3/c1-10(22-15(20)8-11-4-2-3-5-11)16(21)19-14-9-12(17)6-7-13(14)18/h2,4,6-7,9-11H,3,5,8H2,1H3,(H,19,21)/t10-,11-/m0/s1. The van der Waals surface area contributed by atoms with Crippen LogP contribution in [-0.2, 0) is 14.3 Å². The second-order valence-electron chi connectivity index (χ2n) is 5.22. The molecule has 1 aromatic rings. The molecule has 0 heterocycles. The van der Waals surface area contributed by atoms with Crippen molar-refractivity contribution in [3.63, 3.8) is 0 Å². The molecule has 0 fully saturated rings. The highest BCUT2D eigenvalue weighted by atomic mass is 35.5. The van der Waals surface area contributed by atoms with Crippen molar-refractivity contribution in [1.82, 2.24) is 0 Å². The molecule has 118 valence electrons. The van der Waals surface area contributed by atoms with Gasteiger partial charge < -0.3 is 10.1 Å². The van der Waals surface area contributed by atoms with E-state index >= 15 is 0 Å². The third kappa shape index (κ3) is 4.75. The van der Waals surface area contributed by atoms with E-state index in [9.17, 15) is 9.59 Å². The molecule has 4 nitrogen and oxygen atoms in total. The number of rotatable bonds is 5. The Balaban J connectivity index is 1.87. The summed E-state index contributed by atoms with van der Waals surface area (Å²) in [6.45, 7) is 1.52. The van der Waals surface area contributed by atoms with Crippen LogP contribution in [0.25, 0.3) is 0 Å². The first-order valence-electron chi connectivity index (χ1n) is 7.08. The largest absolute Gasteiger partial charge is 0.453 e. The van der Waals surface area contributed by atoms with E-state index in [1.807, 2.05) is 6.08 Å². The number of hydrogen-bond donors (Lipinski definition) is 1. The SMILES string of the molecule is C[C@H](OC(=O)C[C@H]1C=CCC1)C(=O)Nc1cc(Cl)ccc1Cl. The number of ether oxygens (including phenoxy) is 1. The van der Waals surface area contributed by atoms with Crippen LogP contribution >= 0.6 is 23.2 Å². The van der Waals surface area contributed by atoms with Crippen LogP contribution in [0.4, 0.5) is 5.69 Å². The molecule has 0 saturated carbocycles. The lowest BCUT2D eigenvalue weighted by molar-refractivity contribution is -0.153. The van der Waals surface area contributed by atoms with Crippen LogP contribution in [0.1, 0.15) is 26.2 Å². The van der Waals surface area contributed by atoms with E-state index in [4.69, 9.17) is 27.9 Å². The summed E-state index contributed by atoms with van der Waals surface area (Å²) in [6.07, 6.45) is 5.40. The average molecular weight is 342 g/mol. The summed E-state index contributed by atoms with van der Waals surface area (Å²) in [6, 6.07) is 4.75. The molecule has 6 heteroatoms. The number of nitrogens with one attached hydrogen (secondary N) is 1. The Bertz CT molecular complexity index is 601. The number of esters is 1. The number of amides is 1. The molecule has 0 unspecified atom stereocenters. The summed E-state index contributed by atoms with van der Waals surface area (Å²) in [4.78, 5) is 23.8. The van der Waals surface area contributed by atoms with Crippen molar-refractivity contribution < 1.29 is 14.3 Å². The maximum absolute atomic E-state index is 12.0. The van der Waals surface area contributed by atoms with E-state index in [1.165, 1.54) is 6.92 Å². The molecule has 1 aromatic carbocycles. The first-order valence-corrected chi connectivity index (χ1v) is 7.83. The Morgan fingerprint density at radius 3 is 2.86 bits per heavy atom. The Kier molecular flexibility index (Phi) is 5.86. The molecule has 1 aliphatic rings. The van der Waals surface area contributed by atoms with Gasteiger partial charge in [-0.2, -0.15) is 0 Å². The summed E-state index contributed by atoms with van der Waals surface area (Å²) in [5.74, 6) is -0.610. The molecule has 0 aliphatic heterocycles. The Morgan fingerprint density at radius 1 is 1.41 bits per heavy atom. The minimum absolute atomic E-state index is 0.213. The Hall–Kier alpha value is -1.52. The number of anilines is 1. The van der Waals surface area contributed by atoms with Crippen molar-refractivity contribution in [1.29, 1.82) is 0 Å². The summed E-state index contributed by atoms with van der Waals surface area (Å²) >= 11 is 11.8. The van der Waals surface area contributed by atoms with Gasteiger partial charge in [-0.25, -0.2) is 0 Å². The fourth-order valence-electron chi connectivity index (χ4n) is 2.21. The van der Waals surface area contributed by atoms with Crippen LogP contribution in [0, 0.1) is 5.92 Å². The molecule has 22 heavy (non-hydrogen) atoms. The normalized spacial score (nSPS) is 18.0. The maximum atomic E-state index is 12.0. The molecule has 0 aromatic heterocycles. The van der Waals surface area contributed by atoms with Crippen molar-refractivity contribution in [2.45, 2.75) is 32.3 Å². The lowest BCUT2D eigenvalue weighted by Crippen LogP contribution is -2.30. The third-order valence-electron chi connectivity index (χ3n) is 3.40. The van der Waals surface area contributed by atoms with Crippen molar-refractivity contribution in [2.24, 2.45) is 5.92 Å². The van der Waals surface area contributed by atoms with E-state index in [2.05, 4.69) is 11.4 Å². The van der Waals surface area contributed by atoms with Gasteiger partial charge in [-0.15, -0.1) is 0 Å². The number of carbonyl (C=O) groups excluding carboxylic acids is 2. The molecule has 0 spiro atoms. The molecule has 0 saturated heterocycles. The highest BCUT2D eigenvalue weighted by Gasteiger charge is 2.21. The maximum Gasteiger partial charge on any atom is 0.307 e. The summed E-state index contributed by atoms with van der Waals surface area (Å²) in [7, 11) is 0. The summed E-state index contributed by atoms with van der Waals surface area (Å²) < 4.78 is 5.16. The van der Waals surface area contributed by atoms with E-state index in [0.29, 0.717) is 22.2 Å². The highest BCUT2D eigenvalue weighted by Crippen LogP contribution is 2.26.